The SMILES string of the molecule is O=[N+]([O-])c1ccc(C=NNc2ccccc2[N+](=O)[O-])s1. The Morgan fingerprint density at radius 2 is 1.85 bits per heavy atom. The lowest BCUT2D eigenvalue weighted by Gasteiger charge is -2.00. The number of para-hydroxylation sites is 2. The highest BCUT2D eigenvalue weighted by atomic mass is 32.1. The van der Waals surface area contributed by atoms with E-state index in [9.17, 15) is 20.2 Å². The van der Waals surface area contributed by atoms with E-state index in [-0.39, 0.29) is 16.4 Å². The summed E-state index contributed by atoms with van der Waals surface area (Å²) in [6, 6.07) is 8.99. The van der Waals surface area contributed by atoms with E-state index in [0.29, 0.717) is 4.88 Å². The zero-order valence-electron chi connectivity index (χ0n) is 9.92. The van der Waals surface area contributed by atoms with Gasteiger partial charge in [-0.2, -0.15) is 5.10 Å². The number of nitrogens with zero attached hydrogens (tertiary/aromatic N) is 3. The third kappa shape index (κ3) is 3.14. The van der Waals surface area contributed by atoms with Crippen LogP contribution in [-0.4, -0.2) is 16.1 Å². The van der Waals surface area contributed by atoms with Crippen LogP contribution in [0.3, 0.4) is 0 Å². The van der Waals surface area contributed by atoms with E-state index in [0.717, 1.165) is 11.3 Å². The Bertz CT molecular complexity index is 683. The van der Waals surface area contributed by atoms with Crippen LogP contribution in [0.5, 0.6) is 0 Å². The van der Waals surface area contributed by atoms with Crippen molar-refractivity contribution >= 4 is 33.9 Å². The molecule has 2 aromatic rings. The van der Waals surface area contributed by atoms with Gasteiger partial charge in [0, 0.05) is 12.1 Å². The number of benzene rings is 1. The summed E-state index contributed by atoms with van der Waals surface area (Å²) >= 11 is 0.964. The van der Waals surface area contributed by atoms with Crippen LogP contribution in [-0.2, 0) is 0 Å². The van der Waals surface area contributed by atoms with Crippen molar-refractivity contribution in [2.75, 3.05) is 5.43 Å². The third-order valence-electron chi connectivity index (χ3n) is 2.27. The number of hydrogen-bond acceptors (Lipinski definition) is 7. The van der Waals surface area contributed by atoms with Crippen molar-refractivity contribution in [3.63, 3.8) is 0 Å². The van der Waals surface area contributed by atoms with E-state index < -0.39 is 9.85 Å². The quantitative estimate of drug-likeness (QED) is 0.517. The first-order chi connectivity index (χ1) is 9.58. The van der Waals surface area contributed by atoms with Crippen LogP contribution in [0.1, 0.15) is 4.88 Å². The fourth-order valence-corrected chi connectivity index (χ4v) is 2.10. The minimum Gasteiger partial charge on any atom is -0.272 e. The van der Waals surface area contributed by atoms with Crippen LogP contribution in [0.4, 0.5) is 16.4 Å². The summed E-state index contributed by atoms with van der Waals surface area (Å²) in [6.07, 6.45) is 1.37. The molecular formula is C11H8N4O4S. The number of rotatable bonds is 5. The highest BCUT2D eigenvalue weighted by Gasteiger charge is 2.11. The summed E-state index contributed by atoms with van der Waals surface area (Å²) < 4.78 is 0. The van der Waals surface area contributed by atoms with Crippen LogP contribution in [0.15, 0.2) is 41.5 Å². The predicted octanol–water partition coefficient (Wildman–Crippen LogP) is 3.01. The number of hydrazone groups is 1. The molecule has 0 amide bonds. The predicted molar refractivity (Wildman–Crippen MR) is 75.3 cm³/mol. The second-order valence-electron chi connectivity index (χ2n) is 3.58. The molecule has 0 spiro atoms. The fraction of sp³-hybridized carbons (Fsp3) is 0. The largest absolute Gasteiger partial charge is 0.324 e. The molecule has 0 aliphatic rings. The Balaban J connectivity index is 2.10. The van der Waals surface area contributed by atoms with Crippen LogP contribution in [0, 0.1) is 20.2 Å². The van der Waals surface area contributed by atoms with Gasteiger partial charge in [-0.25, -0.2) is 0 Å². The van der Waals surface area contributed by atoms with Crippen molar-refractivity contribution in [2.45, 2.75) is 0 Å². The molecule has 0 atom stereocenters. The Kier molecular flexibility index (Phi) is 4.01. The van der Waals surface area contributed by atoms with E-state index >= 15 is 0 Å². The molecule has 0 bridgehead atoms. The number of hydrogen-bond donors (Lipinski definition) is 1. The minimum absolute atomic E-state index is 0.0112. The zero-order valence-corrected chi connectivity index (χ0v) is 10.7. The normalized spacial score (nSPS) is 10.6. The number of thiophene rings is 1. The Hall–Kier alpha value is -2.81. The average Bonchev–Trinajstić information content (AvgIpc) is 2.88. The van der Waals surface area contributed by atoms with Gasteiger partial charge in [0.1, 0.15) is 5.69 Å². The lowest BCUT2D eigenvalue weighted by Crippen LogP contribution is -1.96. The van der Waals surface area contributed by atoms with Crippen molar-refractivity contribution < 1.29 is 9.85 Å². The minimum atomic E-state index is -0.520. The topological polar surface area (TPSA) is 111 Å². The first-order valence-electron chi connectivity index (χ1n) is 5.34. The van der Waals surface area contributed by atoms with Gasteiger partial charge in [0.2, 0.25) is 0 Å². The number of nitro benzene ring substituents is 1. The molecule has 20 heavy (non-hydrogen) atoms. The molecule has 102 valence electrons. The van der Waals surface area contributed by atoms with E-state index in [1.165, 1.54) is 24.4 Å². The van der Waals surface area contributed by atoms with Gasteiger partial charge in [-0.1, -0.05) is 23.5 Å². The molecule has 8 nitrogen and oxygen atoms in total. The second kappa shape index (κ2) is 5.89. The van der Waals surface area contributed by atoms with Gasteiger partial charge in [0.25, 0.3) is 5.69 Å². The first kappa shape index (κ1) is 13.6. The summed E-state index contributed by atoms with van der Waals surface area (Å²) in [6.45, 7) is 0. The van der Waals surface area contributed by atoms with Gasteiger partial charge in [0.05, 0.1) is 20.9 Å². The van der Waals surface area contributed by atoms with Gasteiger partial charge in [-0.3, -0.25) is 25.7 Å². The molecular weight excluding hydrogens is 284 g/mol. The number of anilines is 1. The van der Waals surface area contributed by atoms with E-state index in [2.05, 4.69) is 10.5 Å². The lowest BCUT2D eigenvalue weighted by molar-refractivity contribution is -0.384. The summed E-state index contributed by atoms with van der Waals surface area (Å²) in [5.41, 5.74) is 2.70. The molecule has 0 unspecified atom stereocenters. The average molecular weight is 292 g/mol. The summed E-state index contributed by atoms with van der Waals surface area (Å²) in [5, 5.41) is 25.1. The maximum atomic E-state index is 10.8. The number of nitrogens with one attached hydrogen (secondary N) is 1. The van der Waals surface area contributed by atoms with Crippen molar-refractivity contribution in [3.05, 3.63) is 61.5 Å². The van der Waals surface area contributed by atoms with Gasteiger partial charge in [-0.05, 0) is 12.1 Å². The van der Waals surface area contributed by atoms with Crippen LogP contribution in [0.25, 0.3) is 0 Å². The lowest BCUT2D eigenvalue weighted by atomic mass is 10.3. The molecule has 1 heterocycles. The van der Waals surface area contributed by atoms with Crippen molar-refractivity contribution in [3.8, 4) is 0 Å². The van der Waals surface area contributed by atoms with Gasteiger partial charge in [-0.15, -0.1) is 0 Å². The van der Waals surface area contributed by atoms with Crippen molar-refractivity contribution in [2.24, 2.45) is 5.10 Å². The second-order valence-corrected chi connectivity index (χ2v) is 4.67. The molecule has 0 aliphatic heterocycles. The molecule has 1 aromatic heterocycles. The van der Waals surface area contributed by atoms with Crippen molar-refractivity contribution in [1.29, 1.82) is 0 Å². The Labute approximate surface area is 116 Å². The van der Waals surface area contributed by atoms with E-state index in [1.54, 1.807) is 18.2 Å². The molecule has 0 saturated heterocycles. The smallest absolute Gasteiger partial charge is 0.272 e. The molecule has 0 fully saturated rings. The highest BCUT2D eigenvalue weighted by molar-refractivity contribution is 7.16. The maximum Gasteiger partial charge on any atom is 0.324 e. The van der Waals surface area contributed by atoms with Crippen LogP contribution >= 0.6 is 11.3 Å². The molecule has 2 rings (SSSR count). The number of nitro groups is 2. The molecule has 1 aromatic carbocycles. The zero-order chi connectivity index (χ0) is 14.5. The molecule has 1 N–H and O–H groups in total. The fourth-order valence-electron chi connectivity index (χ4n) is 1.40. The summed E-state index contributed by atoms with van der Waals surface area (Å²) in [4.78, 5) is 20.8. The van der Waals surface area contributed by atoms with E-state index in [1.807, 2.05) is 0 Å². The third-order valence-corrected chi connectivity index (χ3v) is 3.24. The maximum absolute atomic E-state index is 10.8. The Morgan fingerprint density at radius 1 is 1.10 bits per heavy atom. The molecule has 0 aliphatic carbocycles. The molecule has 0 radical (unpaired) electrons. The molecule has 0 saturated carbocycles. The van der Waals surface area contributed by atoms with Gasteiger partial charge >= 0.3 is 5.00 Å². The Morgan fingerprint density at radius 3 is 2.50 bits per heavy atom. The van der Waals surface area contributed by atoms with Crippen LogP contribution in [0.2, 0.25) is 0 Å². The summed E-state index contributed by atoms with van der Waals surface area (Å²) in [7, 11) is 0. The molecule has 9 heteroatoms. The van der Waals surface area contributed by atoms with E-state index in [4.69, 9.17) is 0 Å². The van der Waals surface area contributed by atoms with Crippen LogP contribution < -0.4 is 5.43 Å². The monoisotopic (exact) mass is 292 g/mol. The van der Waals surface area contributed by atoms with Gasteiger partial charge in [0.15, 0.2) is 0 Å². The highest BCUT2D eigenvalue weighted by Crippen LogP contribution is 2.24. The van der Waals surface area contributed by atoms with Gasteiger partial charge < -0.3 is 0 Å². The standard InChI is InChI=1S/C11H8N4O4S/c16-14(17)10-4-2-1-3-9(10)13-12-7-8-5-6-11(20-8)15(18)19/h1-7,13H. The van der Waals surface area contributed by atoms with Crippen molar-refractivity contribution in [1.82, 2.24) is 0 Å². The summed E-state index contributed by atoms with van der Waals surface area (Å²) in [5.74, 6) is 0. The first-order valence-corrected chi connectivity index (χ1v) is 6.16.